The summed E-state index contributed by atoms with van der Waals surface area (Å²) in [5.41, 5.74) is 9.26. The molecule has 2 amide bonds. The summed E-state index contributed by atoms with van der Waals surface area (Å²) in [6.45, 7) is 5.21. The summed E-state index contributed by atoms with van der Waals surface area (Å²) >= 11 is 12.4. The number of hydrogen-bond acceptors (Lipinski definition) is 3. The van der Waals surface area contributed by atoms with Crippen LogP contribution in [0, 0.1) is 11.8 Å². The Morgan fingerprint density at radius 2 is 1.55 bits per heavy atom. The Hall–Kier alpha value is -2.86. The van der Waals surface area contributed by atoms with Crippen molar-refractivity contribution >= 4 is 35.0 Å². The summed E-state index contributed by atoms with van der Waals surface area (Å²) in [4.78, 5) is 31.3. The lowest BCUT2D eigenvalue weighted by Gasteiger charge is -2.33. The van der Waals surface area contributed by atoms with Crippen molar-refractivity contribution in [2.75, 3.05) is 26.2 Å². The highest BCUT2D eigenvalue weighted by atomic mass is 35.5. The van der Waals surface area contributed by atoms with Gasteiger partial charge in [-0.1, -0.05) is 96.9 Å². The van der Waals surface area contributed by atoms with E-state index in [9.17, 15) is 9.59 Å². The van der Waals surface area contributed by atoms with Gasteiger partial charge >= 0.3 is 0 Å². The maximum absolute atomic E-state index is 14.3. The zero-order valence-corrected chi connectivity index (χ0v) is 24.4. The summed E-state index contributed by atoms with van der Waals surface area (Å²) in [6.07, 6.45) is 2.39. The second-order valence-corrected chi connectivity index (χ2v) is 12.2. The van der Waals surface area contributed by atoms with Crippen LogP contribution in [0.2, 0.25) is 10.0 Å². The number of benzene rings is 3. The third kappa shape index (κ3) is 6.54. The molecular formula is C33H37Cl2N3O2. The summed E-state index contributed by atoms with van der Waals surface area (Å²) < 4.78 is 0. The maximum Gasteiger partial charge on any atom is 0.227 e. The molecule has 5 nitrogen and oxygen atoms in total. The second kappa shape index (κ2) is 12.8. The van der Waals surface area contributed by atoms with E-state index in [0.29, 0.717) is 28.9 Å². The largest absolute Gasteiger partial charge is 0.369 e. The molecule has 40 heavy (non-hydrogen) atoms. The Bertz CT molecular complexity index is 1320. The van der Waals surface area contributed by atoms with Crippen LogP contribution in [0.15, 0.2) is 78.9 Å². The van der Waals surface area contributed by atoms with Gasteiger partial charge < -0.3 is 15.5 Å². The van der Waals surface area contributed by atoms with E-state index in [4.69, 9.17) is 28.9 Å². The molecule has 0 spiro atoms. The number of primary amides is 1. The third-order valence-corrected chi connectivity index (χ3v) is 9.53. The van der Waals surface area contributed by atoms with Crippen LogP contribution in [0.5, 0.6) is 0 Å². The number of rotatable bonds is 9. The van der Waals surface area contributed by atoms with Crippen LogP contribution in [0.3, 0.4) is 0 Å². The van der Waals surface area contributed by atoms with Crippen molar-refractivity contribution in [3.63, 3.8) is 0 Å². The fourth-order valence-electron chi connectivity index (χ4n) is 6.43. The molecule has 0 saturated carbocycles. The molecule has 0 aliphatic carbocycles. The Morgan fingerprint density at radius 1 is 0.900 bits per heavy atom. The average Bonchev–Trinajstić information content (AvgIpc) is 3.61. The lowest BCUT2D eigenvalue weighted by atomic mass is 9.86. The number of likely N-dealkylation sites (tertiary alicyclic amines) is 2. The Labute approximate surface area is 247 Å². The van der Waals surface area contributed by atoms with E-state index in [1.807, 2.05) is 17.0 Å². The molecular weight excluding hydrogens is 541 g/mol. The monoisotopic (exact) mass is 577 g/mol. The van der Waals surface area contributed by atoms with E-state index in [2.05, 4.69) is 59.5 Å². The minimum Gasteiger partial charge on any atom is -0.369 e. The van der Waals surface area contributed by atoms with Gasteiger partial charge in [0.1, 0.15) is 0 Å². The minimum absolute atomic E-state index is 0.0143. The van der Waals surface area contributed by atoms with Crippen LogP contribution in [0.4, 0.5) is 0 Å². The zero-order chi connectivity index (χ0) is 28.2. The van der Waals surface area contributed by atoms with Gasteiger partial charge in [-0.25, -0.2) is 0 Å². The van der Waals surface area contributed by atoms with Gasteiger partial charge in [0.2, 0.25) is 11.8 Å². The molecule has 0 bridgehead atoms. The molecule has 2 heterocycles. The molecule has 2 aliphatic heterocycles. The van der Waals surface area contributed by atoms with E-state index in [1.165, 1.54) is 11.1 Å². The summed E-state index contributed by atoms with van der Waals surface area (Å²) in [5, 5.41) is 0.892. The van der Waals surface area contributed by atoms with Crippen molar-refractivity contribution in [2.45, 2.75) is 44.1 Å². The number of amides is 2. The van der Waals surface area contributed by atoms with Crippen molar-refractivity contribution in [1.82, 2.24) is 9.80 Å². The number of nitrogens with zero attached hydrogens (tertiary/aromatic N) is 2. The number of hydrogen-bond donors (Lipinski definition) is 1. The van der Waals surface area contributed by atoms with Crippen LogP contribution >= 0.6 is 23.2 Å². The molecule has 2 N–H and O–H groups in total. The summed E-state index contributed by atoms with van der Waals surface area (Å²) in [5.74, 6) is -0.931. The predicted octanol–water partition coefficient (Wildman–Crippen LogP) is 6.15. The molecule has 2 fully saturated rings. The van der Waals surface area contributed by atoms with Gasteiger partial charge in [0.25, 0.3) is 0 Å². The molecule has 0 radical (unpaired) electrons. The smallest absolute Gasteiger partial charge is 0.227 e. The molecule has 3 aromatic rings. The second-order valence-electron chi connectivity index (χ2n) is 11.4. The number of nitrogens with two attached hydrogens (primary N) is 1. The SMILES string of the molecule is CC(C(N)=O)[C@H](Cc1ccc(Cl)c(Cl)c1)C(=O)N1C[C@@H](c2ccccc2)C[C@H]1CN1CCC(c2ccccc2)C1. The fraction of sp³-hybridized carbons (Fsp3) is 0.394. The molecule has 0 aromatic heterocycles. The topological polar surface area (TPSA) is 66.6 Å². The van der Waals surface area contributed by atoms with E-state index < -0.39 is 17.7 Å². The van der Waals surface area contributed by atoms with Crippen molar-refractivity contribution in [3.8, 4) is 0 Å². The predicted molar refractivity (Wildman–Crippen MR) is 162 cm³/mol. The molecule has 2 unspecified atom stereocenters. The Morgan fingerprint density at radius 3 is 2.17 bits per heavy atom. The van der Waals surface area contributed by atoms with E-state index in [1.54, 1.807) is 19.1 Å². The maximum atomic E-state index is 14.3. The average molecular weight is 579 g/mol. The first-order valence-corrected chi connectivity index (χ1v) is 14.9. The lowest BCUT2D eigenvalue weighted by molar-refractivity contribution is -0.141. The molecule has 5 atom stereocenters. The van der Waals surface area contributed by atoms with Crippen LogP contribution in [0.1, 0.15) is 48.3 Å². The first-order chi connectivity index (χ1) is 19.3. The van der Waals surface area contributed by atoms with E-state index in [0.717, 1.165) is 38.0 Å². The van der Waals surface area contributed by atoms with Gasteiger partial charge in [-0.2, -0.15) is 0 Å². The van der Waals surface area contributed by atoms with Gasteiger partial charge in [0.05, 0.1) is 16.0 Å². The molecule has 7 heteroatoms. The van der Waals surface area contributed by atoms with Gasteiger partial charge in [-0.05, 0) is 60.5 Å². The van der Waals surface area contributed by atoms with Crippen LogP contribution in [0.25, 0.3) is 0 Å². The van der Waals surface area contributed by atoms with Crippen molar-refractivity contribution in [1.29, 1.82) is 0 Å². The number of carbonyl (C=O) groups excluding carboxylic acids is 2. The quantitative estimate of drug-likeness (QED) is 0.332. The van der Waals surface area contributed by atoms with Gasteiger partial charge in [0.15, 0.2) is 0 Å². The normalized spacial score (nSPS) is 22.8. The molecule has 210 valence electrons. The van der Waals surface area contributed by atoms with Crippen molar-refractivity contribution in [3.05, 3.63) is 106 Å². The van der Waals surface area contributed by atoms with Gasteiger partial charge in [0, 0.05) is 37.5 Å². The third-order valence-electron chi connectivity index (χ3n) is 8.79. The van der Waals surface area contributed by atoms with Crippen molar-refractivity contribution < 1.29 is 9.59 Å². The summed E-state index contributed by atoms with van der Waals surface area (Å²) in [7, 11) is 0. The molecule has 5 rings (SSSR count). The van der Waals surface area contributed by atoms with Crippen LogP contribution < -0.4 is 5.73 Å². The van der Waals surface area contributed by atoms with Crippen molar-refractivity contribution in [2.24, 2.45) is 17.6 Å². The van der Waals surface area contributed by atoms with E-state index >= 15 is 0 Å². The Balaban J connectivity index is 1.38. The van der Waals surface area contributed by atoms with Gasteiger partial charge in [-0.15, -0.1) is 0 Å². The highest BCUT2D eigenvalue weighted by molar-refractivity contribution is 6.42. The molecule has 2 aliphatic rings. The number of halogens is 2. The highest BCUT2D eigenvalue weighted by Gasteiger charge is 2.42. The van der Waals surface area contributed by atoms with E-state index in [-0.39, 0.29) is 17.9 Å². The van der Waals surface area contributed by atoms with Crippen LogP contribution in [-0.4, -0.2) is 53.8 Å². The molecule has 3 aromatic carbocycles. The standard InChI is InChI=1S/C33H37Cl2N3O2/c1-22(32(36)39)29(16-23-12-13-30(34)31(35)17-23)33(40)38-20-27(25-10-6-3-7-11-25)18-28(38)21-37-15-14-26(19-37)24-8-4-2-5-9-24/h2-13,17,22,26-29H,14-16,18-21H2,1H3,(H2,36,39)/t22?,26?,27-,28-,29-/m0/s1. The van der Waals surface area contributed by atoms with Gasteiger partial charge in [-0.3, -0.25) is 9.59 Å². The lowest BCUT2D eigenvalue weighted by Crippen LogP contribution is -2.48. The zero-order valence-electron chi connectivity index (χ0n) is 22.9. The molecule has 2 saturated heterocycles. The Kier molecular flexibility index (Phi) is 9.14. The number of carbonyl (C=O) groups is 2. The summed E-state index contributed by atoms with van der Waals surface area (Å²) in [6, 6.07) is 26.6. The fourth-order valence-corrected chi connectivity index (χ4v) is 6.75. The minimum atomic E-state index is -0.618. The highest BCUT2D eigenvalue weighted by Crippen LogP contribution is 2.36. The van der Waals surface area contributed by atoms with Crippen LogP contribution in [-0.2, 0) is 16.0 Å². The first kappa shape index (κ1) is 28.7. The first-order valence-electron chi connectivity index (χ1n) is 14.2.